The highest BCUT2D eigenvalue weighted by atomic mass is 16.5. The number of primary amides is 1. The van der Waals surface area contributed by atoms with Gasteiger partial charge >= 0.3 is 5.97 Å². The molecule has 94 valence electrons. The molecular weight excluding hydrogens is 236 g/mol. The molecule has 0 aliphatic carbocycles. The van der Waals surface area contributed by atoms with Crippen molar-refractivity contribution >= 4 is 22.8 Å². The van der Waals surface area contributed by atoms with Crippen molar-refractivity contribution in [3.63, 3.8) is 0 Å². The van der Waals surface area contributed by atoms with E-state index < -0.39 is 11.9 Å². The predicted molar refractivity (Wildman–Crippen MR) is 64.7 cm³/mol. The van der Waals surface area contributed by atoms with Gasteiger partial charge in [-0.2, -0.15) is 0 Å². The third-order valence-electron chi connectivity index (χ3n) is 2.61. The first-order valence-electron chi connectivity index (χ1n) is 5.15. The summed E-state index contributed by atoms with van der Waals surface area (Å²) in [5, 5.41) is 0.656. The SMILES string of the molecule is COC(=O)c1cc2cc(OC)cc(C(N)=O)c2[nH]1. The number of aromatic amines is 1. The molecule has 0 saturated carbocycles. The van der Waals surface area contributed by atoms with E-state index in [1.807, 2.05) is 0 Å². The van der Waals surface area contributed by atoms with E-state index in [9.17, 15) is 9.59 Å². The number of rotatable bonds is 3. The summed E-state index contributed by atoms with van der Waals surface area (Å²) in [4.78, 5) is 25.6. The van der Waals surface area contributed by atoms with Crippen molar-refractivity contribution in [1.29, 1.82) is 0 Å². The summed E-state index contributed by atoms with van der Waals surface area (Å²) in [6.07, 6.45) is 0. The molecule has 1 aromatic carbocycles. The Morgan fingerprint density at radius 1 is 1.22 bits per heavy atom. The van der Waals surface area contributed by atoms with E-state index in [1.54, 1.807) is 12.1 Å². The number of ether oxygens (including phenoxy) is 2. The Labute approximate surface area is 103 Å². The minimum absolute atomic E-state index is 0.253. The summed E-state index contributed by atoms with van der Waals surface area (Å²) in [7, 11) is 2.77. The molecule has 0 aliphatic rings. The topological polar surface area (TPSA) is 94.4 Å². The van der Waals surface area contributed by atoms with Gasteiger partial charge in [0.15, 0.2) is 0 Å². The fraction of sp³-hybridized carbons (Fsp3) is 0.167. The van der Waals surface area contributed by atoms with Crippen LogP contribution in [0.1, 0.15) is 20.8 Å². The van der Waals surface area contributed by atoms with Crippen LogP contribution in [0.3, 0.4) is 0 Å². The maximum Gasteiger partial charge on any atom is 0.354 e. The Bertz CT molecular complexity index is 630. The average molecular weight is 248 g/mol. The van der Waals surface area contributed by atoms with Crippen molar-refractivity contribution in [3.8, 4) is 5.75 Å². The molecule has 0 spiro atoms. The van der Waals surface area contributed by atoms with Crippen LogP contribution in [0.15, 0.2) is 18.2 Å². The van der Waals surface area contributed by atoms with Gasteiger partial charge in [0, 0.05) is 5.39 Å². The molecule has 1 heterocycles. The number of nitrogens with one attached hydrogen (secondary N) is 1. The maximum atomic E-state index is 11.4. The molecule has 6 nitrogen and oxygen atoms in total. The molecule has 0 aliphatic heterocycles. The van der Waals surface area contributed by atoms with Gasteiger partial charge in [0.1, 0.15) is 11.4 Å². The monoisotopic (exact) mass is 248 g/mol. The third-order valence-corrected chi connectivity index (χ3v) is 2.61. The van der Waals surface area contributed by atoms with Crippen LogP contribution in [0.2, 0.25) is 0 Å². The van der Waals surface area contributed by atoms with Crippen molar-refractivity contribution < 1.29 is 19.1 Å². The first kappa shape index (κ1) is 12.0. The van der Waals surface area contributed by atoms with Crippen LogP contribution < -0.4 is 10.5 Å². The Kier molecular flexibility index (Phi) is 2.93. The van der Waals surface area contributed by atoms with E-state index >= 15 is 0 Å². The van der Waals surface area contributed by atoms with Gasteiger partial charge in [-0.1, -0.05) is 0 Å². The second kappa shape index (κ2) is 4.40. The fourth-order valence-corrected chi connectivity index (χ4v) is 1.75. The number of esters is 1. The Hall–Kier alpha value is -2.50. The summed E-state index contributed by atoms with van der Waals surface area (Å²) in [5.74, 6) is -0.621. The Balaban J connectivity index is 2.70. The average Bonchev–Trinajstić information content (AvgIpc) is 2.79. The number of methoxy groups -OCH3 is 2. The van der Waals surface area contributed by atoms with Gasteiger partial charge in [-0.25, -0.2) is 4.79 Å². The number of aromatic nitrogens is 1. The minimum Gasteiger partial charge on any atom is -0.497 e. The van der Waals surface area contributed by atoms with Gasteiger partial charge in [0.25, 0.3) is 5.91 Å². The van der Waals surface area contributed by atoms with Gasteiger partial charge < -0.3 is 20.2 Å². The second-order valence-electron chi connectivity index (χ2n) is 3.68. The lowest BCUT2D eigenvalue weighted by Gasteiger charge is -2.03. The summed E-state index contributed by atoms with van der Waals surface area (Å²) >= 11 is 0. The van der Waals surface area contributed by atoms with Crippen molar-refractivity contribution in [1.82, 2.24) is 4.98 Å². The van der Waals surface area contributed by atoms with E-state index in [1.165, 1.54) is 20.3 Å². The van der Waals surface area contributed by atoms with E-state index in [0.717, 1.165) is 0 Å². The zero-order valence-corrected chi connectivity index (χ0v) is 9.94. The highest BCUT2D eigenvalue weighted by Gasteiger charge is 2.15. The molecule has 0 fully saturated rings. The number of fused-ring (bicyclic) bond motifs is 1. The van der Waals surface area contributed by atoms with E-state index in [4.69, 9.17) is 10.5 Å². The van der Waals surface area contributed by atoms with E-state index in [0.29, 0.717) is 16.7 Å². The van der Waals surface area contributed by atoms with Crippen LogP contribution >= 0.6 is 0 Å². The Morgan fingerprint density at radius 3 is 2.50 bits per heavy atom. The number of hydrogen-bond donors (Lipinski definition) is 2. The molecule has 2 aromatic rings. The van der Waals surface area contributed by atoms with Crippen LogP contribution in [0.4, 0.5) is 0 Å². The molecule has 0 atom stereocenters. The van der Waals surface area contributed by atoms with Crippen LogP contribution in [-0.4, -0.2) is 31.1 Å². The molecule has 0 radical (unpaired) electrons. The summed E-state index contributed by atoms with van der Waals surface area (Å²) in [6, 6.07) is 4.79. The van der Waals surface area contributed by atoms with Gasteiger partial charge in [-0.3, -0.25) is 4.79 Å². The summed E-state index contributed by atoms with van der Waals surface area (Å²) in [6.45, 7) is 0. The highest BCUT2D eigenvalue weighted by molar-refractivity contribution is 6.07. The molecule has 6 heteroatoms. The quantitative estimate of drug-likeness (QED) is 0.794. The lowest BCUT2D eigenvalue weighted by atomic mass is 10.1. The molecule has 1 amide bonds. The Morgan fingerprint density at radius 2 is 1.94 bits per heavy atom. The number of H-pyrrole nitrogens is 1. The first-order chi connectivity index (χ1) is 8.56. The number of amides is 1. The zero-order valence-electron chi connectivity index (χ0n) is 9.94. The number of hydrogen-bond acceptors (Lipinski definition) is 4. The number of nitrogens with two attached hydrogens (primary N) is 1. The molecule has 3 N–H and O–H groups in total. The maximum absolute atomic E-state index is 11.4. The smallest absolute Gasteiger partial charge is 0.354 e. The largest absolute Gasteiger partial charge is 0.497 e. The first-order valence-corrected chi connectivity index (χ1v) is 5.15. The highest BCUT2D eigenvalue weighted by Crippen LogP contribution is 2.26. The van der Waals surface area contributed by atoms with Crippen molar-refractivity contribution in [2.75, 3.05) is 14.2 Å². The minimum atomic E-state index is -0.600. The van der Waals surface area contributed by atoms with Crippen molar-refractivity contribution in [2.24, 2.45) is 5.73 Å². The van der Waals surface area contributed by atoms with Crippen LogP contribution in [0, 0.1) is 0 Å². The molecule has 0 bridgehead atoms. The van der Waals surface area contributed by atoms with Crippen molar-refractivity contribution in [2.45, 2.75) is 0 Å². The number of carbonyl (C=O) groups is 2. The summed E-state index contributed by atoms with van der Waals surface area (Å²) in [5.41, 5.74) is 6.30. The molecule has 2 rings (SSSR count). The molecule has 0 saturated heterocycles. The van der Waals surface area contributed by atoms with E-state index in [-0.39, 0.29) is 11.3 Å². The van der Waals surface area contributed by atoms with Crippen LogP contribution in [0.5, 0.6) is 5.75 Å². The van der Waals surface area contributed by atoms with Gasteiger partial charge in [-0.05, 0) is 18.2 Å². The van der Waals surface area contributed by atoms with Crippen molar-refractivity contribution in [3.05, 3.63) is 29.5 Å². The molecule has 0 unspecified atom stereocenters. The van der Waals surface area contributed by atoms with E-state index in [2.05, 4.69) is 9.72 Å². The van der Waals surface area contributed by atoms with Crippen LogP contribution in [-0.2, 0) is 4.74 Å². The predicted octanol–water partition coefficient (Wildman–Crippen LogP) is 1.06. The third kappa shape index (κ3) is 1.88. The fourth-order valence-electron chi connectivity index (χ4n) is 1.75. The molecule has 1 aromatic heterocycles. The lowest BCUT2D eigenvalue weighted by Crippen LogP contribution is -2.11. The van der Waals surface area contributed by atoms with Gasteiger partial charge in [0.2, 0.25) is 0 Å². The van der Waals surface area contributed by atoms with Gasteiger partial charge in [-0.15, -0.1) is 0 Å². The lowest BCUT2D eigenvalue weighted by molar-refractivity contribution is 0.0595. The number of carbonyl (C=O) groups excluding carboxylic acids is 2. The zero-order chi connectivity index (χ0) is 13.3. The normalized spacial score (nSPS) is 10.3. The second-order valence-corrected chi connectivity index (χ2v) is 3.68. The number of benzene rings is 1. The molecular formula is C12H12N2O4. The molecule has 18 heavy (non-hydrogen) atoms. The van der Waals surface area contributed by atoms with Crippen LogP contribution in [0.25, 0.3) is 10.9 Å². The standard InChI is InChI=1S/C12H12N2O4/c1-17-7-3-6-4-9(12(16)18-2)14-10(6)8(5-7)11(13)15/h3-5,14H,1-2H3,(H2,13,15). The van der Waals surface area contributed by atoms with Gasteiger partial charge in [0.05, 0.1) is 25.3 Å². The summed E-state index contributed by atoms with van der Waals surface area (Å²) < 4.78 is 9.68.